The van der Waals surface area contributed by atoms with Crippen LogP contribution in [0.1, 0.15) is 12.5 Å². The summed E-state index contributed by atoms with van der Waals surface area (Å²) in [5.41, 5.74) is 6.80. The molecule has 0 bridgehead atoms. The lowest BCUT2D eigenvalue weighted by Gasteiger charge is -2.13. The maximum Gasteiger partial charge on any atom is 0.188 e. The molecule has 3 N–H and O–H groups in total. The van der Waals surface area contributed by atoms with E-state index in [2.05, 4.69) is 10.3 Å². The summed E-state index contributed by atoms with van der Waals surface area (Å²) < 4.78 is 5.00. The van der Waals surface area contributed by atoms with Crippen LogP contribution in [0.4, 0.5) is 0 Å². The first kappa shape index (κ1) is 19.8. The van der Waals surface area contributed by atoms with Crippen LogP contribution in [0, 0.1) is 0 Å². The highest BCUT2D eigenvalue weighted by atomic mass is 127. The lowest BCUT2D eigenvalue weighted by Crippen LogP contribution is -2.40. The second-order valence-electron chi connectivity index (χ2n) is 4.30. The monoisotopic (exact) mass is 431 g/mol. The molecular weight excluding hydrogens is 412 g/mol. The van der Waals surface area contributed by atoms with E-state index >= 15 is 0 Å². The highest BCUT2D eigenvalue weighted by Gasteiger charge is 2.02. The lowest BCUT2D eigenvalue weighted by molar-refractivity contribution is 0.179. The minimum atomic E-state index is 0. The molecule has 0 aliphatic heterocycles. The number of methoxy groups -OCH3 is 1. The van der Waals surface area contributed by atoms with Gasteiger partial charge in [-0.05, 0) is 37.1 Å². The molecule has 1 aromatic rings. The van der Waals surface area contributed by atoms with Gasteiger partial charge in [0.05, 0.1) is 6.61 Å². The van der Waals surface area contributed by atoms with Gasteiger partial charge in [0.25, 0.3) is 0 Å². The maximum absolute atomic E-state index is 5.92. The quantitative estimate of drug-likeness (QED) is 0.413. The first-order chi connectivity index (χ1) is 9.01. The molecule has 0 heterocycles. The third kappa shape index (κ3) is 8.14. The van der Waals surface area contributed by atoms with Crippen molar-refractivity contribution >= 4 is 53.1 Å². The van der Waals surface area contributed by atoms with Crippen molar-refractivity contribution in [1.82, 2.24) is 5.32 Å². The van der Waals surface area contributed by atoms with E-state index in [-0.39, 0.29) is 30.0 Å². The van der Waals surface area contributed by atoms with Gasteiger partial charge in [0, 0.05) is 29.7 Å². The molecular formula is C13H20Cl2IN3O. The topological polar surface area (TPSA) is 59.6 Å². The Bertz CT molecular complexity index is 423. The van der Waals surface area contributed by atoms with Crippen molar-refractivity contribution in [3.8, 4) is 0 Å². The van der Waals surface area contributed by atoms with Crippen LogP contribution in [0.3, 0.4) is 0 Å². The number of guanidine groups is 1. The van der Waals surface area contributed by atoms with Crippen LogP contribution in [0.5, 0.6) is 0 Å². The highest BCUT2D eigenvalue weighted by molar-refractivity contribution is 14.0. The number of hydrogen-bond donors (Lipinski definition) is 2. The molecule has 20 heavy (non-hydrogen) atoms. The number of nitrogens with two attached hydrogens (primary N) is 1. The van der Waals surface area contributed by atoms with Crippen molar-refractivity contribution in [2.45, 2.75) is 19.4 Å². The van der Waals surface area contributed by atoms with Gasteiger partial charge in [0.1, 0.15) is 0 Å². The van der Waals surface area contributed by atoms with Gasteiger partial charge < -0.3 is 15.8 Å². The Hall–Kier alpha value is -0.240. The number of rotatable bonds is 6. The Morgan fingerprint density at radius 1 is 1.35 bits per heavy atom. The van der Waals surface area contributed by atoms with Crippen LogP contribution in [0.15, 0.2) is 23.2 Å². The minimum Gasteiger partial charge on any atom is -0.383 e. The number of benzene rings is 1. The van der Waals surface area contributed by atoms with Crippen LogP contribution in [0.25, 0.3) is 0 Å². The van der Waals surface area contributed by atoms with E-state index in [1.54, 1.807) is 13.2 Å². The second kappa shape index (κ2) is 10.5. The standard InChI is InChI=1S/C13H19Cl2N3O.HI/c1-9(8-19-2)18-13(16)17-4-3-10-5-11(14)7-12(15)6-10;/h5-7,9H,3-4,8H2,1-2H3,(H3,16,17,18);1H. The second-order valence-corrected chi connectivity index (χ2v) is 5.17. The van der Waals surface area contributed by atoms with Gasteiger partial charge in [0.15, 0.2) is 5.96 Å². The average Bonchev–Trinajstić information content (AvgIpc) is 2.27. The Morgan fingerprint density at radius 2 is 1.95 bits per heavy atom. The Morgan fingerprint density at radius 3 is 2.50 bits per heavy atom. The Kier molecular flexibility index (Phi) is 10.4. The number of ether oxygens (including phenoxy) is 1. The highest BCUT2D eigenvalue weighted by Crippen LogP contribution is 2.19. The van der Waals surface area contributed by atoms with E-state index in [1.165, 1.54) is 0 Å². The van der Waals surface area contributed by atoms with Gasteiger partial charge >= 0.3 is 0 Å². The number of hydrogen-bond acceptors (Lipinski definition) is 2. The van der Waals surface area contributed by atoms with Crippen LogP contribution < -0.4 is 11.1 Å². The third-order valence-corrected chi connectivity index (χ3v) is 2.85. The number of nitrogens with one attached hydrogen (secondary N) is 1. The van der Waals surface area contributed by atoms with E-state index in [0.29, 0.717) is 29.2 Å². The van der Waals surface area contributed by atoms with Crippen molar-refractivity contribution < 1.29 is 4.74 Å². The van der Waals surface area contributed by atoms with E-state index < -0.39 is 0 Å². The Balaban J connectivity index is 0.00000361. The first-order valence-corrected chi connectivity index (χ1v) is 6.77. The van der Waals surface area contributed by atoms with Crippen LogP contribution in [0.2, 0.25) is 10.0 Å². The van der Waals surface area contributed by atoms with Crippen molar-refractivity contribution in [1.29, 1.82) is 0 Å². The molecule has 1 aromatic carbocycles. The van der Waals surface area contributed by atoms with Gasteiger partial charge in [-0.15, -0.1) is 24.0 Å². The molecule has 0 radical (unpaired) electrons. The van der Waals surface area contributed by atoms with Gasteiger partial charge in [-0.3, -0.25) is 4.99 Å². The summed E-state index contributed by atoms with van der Waals surface area (Å²) in [5, 5.41) is 4.30. The minimum absolute atomic E-state index is 0. The fraction of sp³-hybridized carbons (Fsp3) is 0.462. The zero-order valence-corrected chi connectivity index (χ0v) is 15.4. The smallest absolute Gasteiger partial charge is 0.188 e. The van der Waals surface area contributed by atoms with Gasteiger partial charge in [-0.1, -0.05) is 23.2 Å². The van der Waals surface area contributed by atoms with Gasteiger partial charge in [0.2, 0.25) is 0 Å². The van der Waals surface area contributed by atoms with E-state index in [4.69, 9.17) is 33.7 Å². The predicted molar refractivity (Wildman–Crippen MR) is 96.5 cm³/mol. The van der Waals surface area contributed by atoms with Crippen LogP contribution in [-0.4, -0.2) is 32.3 Å². The third-order valence-electron chi connectivity index (χ3n) is 2.42. The summed E-state index contributed by atoms with van der Waals surface area (Å²) in [5.74, 6) is 0.415. The fourth-order valence-electron chi connectivity index (χ4n) is 1.65. The van der Waals surface area contributed by atoms with Crippen molar-refractivity contribution in [2.24, 2.45) is 10.7 Å². The summed E-state index contributed by atoms with van der Waals surface area (Å²) in [7, 11) is 1.65. The average molecular weight is 432 g/mol. The molecule has 0 fully saturated rings. The predicted octanol–water partition coefficient (Wildman–Crippen LogP) is 3.09. The van der Waals surface area contributed by atoms with Gasteiger partial charge in [-0.2, -0.15) is 0 Å². The first-order valence-electron chi connectivity index (χ1n) is 6.01. The van der Waals surface area contributed by atoms with Crippen molar-refractivity contribution in [3.63, 3.8) is 0 Å². The SMILES string of the molecule is COCC(C)NC(N)=NCCc1cc(Cl)cc(Cl)c1.I. The molecule has 4 nitrogen and oxygen atoms in total. The van der Waals surface area contributed by atoms with Crippen LogP contribution >= 0.6 is 47.2 Å². The van der Waals surface area contributed by atoms with E-state index in [9.17, 15) is 0 Å². The Labute approximate surface area is 147 Å². The maximum atomic E-state index is 5.92. The number of halogens is 3. The van der Waals surface area contributed by atoms with Gasteiger partial charge in [-0.25, -0.2) is 0 Å². The molecule has 0 saturated heterocycles. The molecule has 7 heteroatoms. The molecule has 114 valence electrons. The number of aliphatic imine (C=N–C) groups is 1. The van der Waals surface area contributed by atoms with Crippen molar-refractivity contribution in [2.75, 3.05) is 20.3 Å². The molecule has 0 spiro atoms. The van der Waals surface area contributed by atoms with Crippen LogP contribution in [-0.2, 0) is 11.2 Å². The fourth-order valence-corrected chi connectivity index (χ4v) is 2.22. The zero-order valence-electron chi connectivity index (χ0n) is 11.5. The zero-order chi connectivity index (χ0) is 14.3. The molecule has 0 amide bonds. The van der Waals surface area contributed by atoms with E-state index in [1.807, 2.05) is 19.1 Å². The molecule has 1 unspecified atom stereocenters. The molecule has 1 rings (SSSR count). The van der Waals surface area contributed by atoms with E-state index in [0.717, 1.165) is 12.0 Å². The normalized spacial score (nSPS) is 12.7. The molecule has 0 aliphatic carbocycles. The summed E-state index contributed by atoms with van der Waals surface area (Å²) in [4.78, 5) is 4.24. The molecule has 0 aromatic heterocycles. The largest absolute Gasteiger partial charge is 0.383 e. The summed E-state index contributed by atoms with van der Waals surface area (Å²) in [6.07, 6.45) is 0.737. The summed E-state index contributed by atoms with van der Waals surface area (Å²) in [6, 6.07) is 5.59. The summed E-state index contributed by atoms with van der Waals surface area (Å²) >= 11 is 11.8. The molecule has 0 aliphatic rings. The molecule has 1 atom stereocenters. The number of nitrogens with zero attached hydrogens (tertiary/aromatic N) is 1. The van der Waals surface area contributed by atoms with Crippen molar-refractivity contribution in [3.05, 3.63) is 33.8 Å². The molecule has 0 saturated carbocycles. The lowest BCUT2D eigenvalue weighted by atomic mass is 10.1. The summed E-state index contributed by atoms with van der Waals surface area (Å²) in [6.45, 7) is 3.14.